The predicted octanol–water partition coefficient (Wildman–Crippen LogP) is 9.90. The highest BCUT2D eigenvalue weighted by molar-refractivity contribution is 5.79. The number of halogens is 1. The molecule has 208 valence electrons. The lowest BCUT2D eigenvalue weighted by Crippen LogP contribution is -2.37. The number of benzene rings is 2. The maximum Gasteiger partial charge on any atom is 0.170 e. The standard InChI is InChI=1S/C20H31N.C14H18FNO/c1-5-20(4)13-7-6-8-19(20)15-21-17(3)14-18-11-9-16(2)10-12-18;1-3-5-10(6-4-2)14-12-8-7-11(15)9-13(12)17-16-14/h9-12,19,21H,3,5-8,13-15H2,1-2,4H3;7-10H,3-6H2,1-2H3. The Labute approximate surface area is 230 Å². The normalized spacial score (nSPS) is 19.3. The van der Waals surface area contributed by atoms with Crippen LogP contribution in [-0.4, -0.2) is 11.7 Å². The summed E-state index contributed by atoms with van der Waals surface area (Å²) in [4.78, 5) is 0. The maximum absolute atomic E-state index is 13.1. The van der Waals surface area contributed by atoms with Crippen LogP contribution in [0, 0.1) is 24.1 Å². The Bertz CT molecular complexity index is 1130. The minimum Gasteiger partial charge on any atom is -0.388 e. The van der Waals surface area contributed by atoms with Gasteiger partial charge in [-0.15, -0.1) is 0 Å². The van der Waals surface area contributed by atoms with E-state index in [-0.39, 0.29) is 5.82 Å². The Hall–Kier alpha value is -2.62. The summed E-state index contributed by atoms with van der Waals surface area (Å²) < 4.78 is 18.3. The Kier molecular flexibility index (Phi) is 11.4. The van der Waals surface area contributed by atoms with Crippen molar-refractivity contribution in [3.05, 3.63) is 77.4 Å². The third-order valence-electron chi connectivity index (χ3n) is 8.60. The van der Waals surface area contributed by atoms with Gasteiger partial charge in [0.2, 0.25) is 0 Å². The molecular formula is C34H49FN2O. The summed E-state index contributed by atoms with van der Waals surface area (Å²) in [5, 5.41) is 8.70. The number of aromatic nitrogens is 1. The number of fused-ring (bicyclic) bond motifs is 1. The van der Waals surface area contributed by atoms with Crippen molar-refractivity contribution in [3.8, 4) is 0 Å². The number of nitrogens with one attached hydrogen (secondary N) is 1. The van der Waals surface area contributed by atoms with E-state index in [0.717, 1.165) is 61.3 Å². The van der Waals surface area contributed by atoms with Gasteiger partial charge in [-0.2, -0.15) is 0 Å². The largest absolute Gasteiger partial charge is 0.388 e. The summed E-state index contributed by atoms with van der Waals surface area (Å²) in [6.45, 7) is 16.6. The van der Waals surface area contributed by atoms with E-state index in [1.807, 2.05) is 0 Å². The van der Waals surface area contributed by atoms with Gasteiger partial charge in [0.25, 0.3) is 0 Å². The monoisotopic (exact) mass is 520 g/mol. The van der Waals surface area contributed by atoms with Crippen molar-refractivity contribution in [2.24, 2.45) is 11.3 Å². The van der Waals surface area contributed by atoms with Gasteiger partial charge in [-0.05, 0) is 61.6 Å². The van der Waals surface area contributed by atoms with Crippen molar-refractivity contribution in [2.45, 2.75) is 105 Å². The smallest absolute Gasteiger partial charge is 0.170 e. The lowest BCUT2D eigenvalue weighted by Gasteiger charge is -2.41. The summed E-state index contributed by atoms with van der Waals surface area (Å²) in [5.74, 6) is 0.950. The second kappa shape index (κ2) is 14.5. The molecule has 0 radical (unpaired) electrons. The number of aryl methyl sites for hydroxylation is 1. The third-order valence-corrected chi connectivity index (χ3v) is 8.60. The van der Waals surface area contributed by atoms with E-state index < -0.39 is 0 Å². The van der Waals surface area contributed by atoms with Crippen LogP contribution < -0.4 is 5.32 Å². The van der Waals surface area contributed by atoms with Gasteiger partial charge in [0.15, 0.2) is 5.58 Å². The average Bonchev–Trinajstić information content (AvgIpc) is 3.33. The molecule has 2 atom stereocenters. The summed E-state index contributed by atoms with van der Waals surface area (Å²) in [6.07, 6.45) is 12.3. The molecule has 2 aromatic carbocycles. The molecule has 0 bridgehead atoms. The fourth-order valence-corrected chi connectivity index (χ4v) is 5.91. The summed E-state index contributed by atoms with van der Waals surface area (Å²) in [6, 6.07) is 13.4. The summed E-state index contributed by atoms with van der Waals surface area (Å²) in [5.41, 5.74) is 5.89. The van der Waals surface area contributed by atoms with Gasteiger partial charge in [-0.3, -0.25) is 0 Å². The van der Waals surface area contributed by atoms with Crippen LogP contribution in [-0.2, 0) is 6.42 Å². The van der Waals surface area contributed by atoms with Crippen LogP contribution in [0.5, 0.6) is 0 Å². The van der Waals surface area contributed by atoms with E-state index in [1.54, 1.807) is 6.07 Å². The number of hydrogen-bond acceptors (Lipinski definition) is 3. The van der Waals surface area contributed by atoms with Gasteiger partial charge in [-0.1, -0.05) is 101 Å². The van der Waals surface area contributed by atoms with Gasteiger partial charge in [-0.25, -0.2) is 4.39 Å². The van der Waals surface area contributed by atoms with Crippen LogP contribution in [0.25, 0.3) is 11.0 Å². The lowest BCUT2D eigenvalue weighted by atomic mass is 9.66. The second-order valence-corrected chi connectivity index (χ2v) is 11.6. The average molecular weight is 521 g/mol. The lowest BCUT2D eigenvalue weighted by molar-refractivity contribution is 0.111. The molecule has 4 heteroatoms. The first-order valence-corrected chi connectivity index (χ1v) is 14.8. The quantitative estimate of drug-likeness (QED) is 0.273. The second-order valence-electron chi connectivity index (χ2n) is 11.6. The SMILES string of the molecule is C=C(Cc1ccc(C)cc1)NCC1CCCCC1(C)CC.CCCC(CCC)c1noc2cc(F)ccc12. The highest BCUT2D eigenvalue weighted by atomic mass is 19.1. The highest BCUT2D eigenvalue weighted by Crippen LogP contribution is 2.43. The third kappa shape index (κ3) is 8.19. The molecule has 38 heavy (non-hydrogen) atoms. The molecular weight excluding hydrogens is 471 g/mol. The molecule has 3 nitrogen and oxygen atoms in total. The van der Waals surface area contributed by atoms with E-state index >= 15 is 0 Å². The van der Waals surface area contributed by atoms with Crippen LogP contribution in [0.2, 0.25) is 0 Å². The zero-order valence-corrected chi connectivity index (χ0v) is 24.4. The first kappa shape index (κ1) is 29.9. The van der Waals surface area contributed by atoms with Crippen LogP contribution in [0.1, 0.15) is 108 Å². The number of rotatable bonds is 11. The van der Waals surface area contributed by atoms with Crippen molar-refractivity contribution < 1.29 is 8.91 Å². The Morgan fingerprint density at radius 3 is 2.47 bits per heavy atom. The van der Waals surface area contributed by atoms with Gasteiger partial charge in [0.1, 0.15) is 5.82 Å². The number of hydrogen-bond donors (Lipinski definition) is 1. The molecule has 1 aliphatic rings. The summed E-state index contributed by atoms with van der Waals surface area (Å²) >= 11 is 0. The van der Waals surface area contributed by atoms with Gasteiger partial charge in [0, 0.05) is 36.0 Å². The van der Waals surface area contributed by atoms with Gasteiger partial charge >= 0.3 is 0 Å². The first-order valence-electron chi connectivity index (χ1n) is 14.8. The molecule has 1 heterocycles. The molecule has 1 N–H and O–H groups in total. The molecule has 0 saturated heterocycles. The van der Waals surface area contributed by atoms with Crippen molar-refractivity contribution in [1.29, 1.82) is 0 Å². The zero-order chi connectivity index (χ0) is 27.5. The Morgan fingerprint density at radius 2 is 1.82 bits per heavy atom. The number of allylic oxidation sites excluding steroid dienone is 1. The summed E-state index contributed by atoms with van der Waals surface area (Å²) in [7, 11) is 0. The van der Waals surface area contributed by atoms with Crippen molar-refractivity contribution in [2.75, 3.05) is 6.54 Å². The van der Waals surface area contributed by atoms with Crippen LogP contribution in [0.15, 0.2) is 59.3 Å². The molecule has 0 amide bonds. The van der Waals surface area contributed by atoms with Crippen molar-refractivity contribution >= 4 is 11.0 Å². The van der Waals surface area contributed by atoms with Crippen molar-refractivity contribution in [1.82, 2.24) is 10.5 Å². The fraction of sp³-hybridized carbons (Fsp3) is 0.559. The van der Waals surface area contributed by atoms with Crippen LogP contribution >= 0.6 is 0 Å². The van der Waals surface area contributed by atoms with E-state index in [2.05, 4.69) is 75.9 Å². The van der Waals surface area contributed by atoms with Crippen LogP contribution in [0.4, 0.5) is 4.39 Å². The van der Waals surface area contributed by atoms with Crippen LogP contribution in [0.3, 0.4) is 0 Å². The molecule has 1 saturated carbocycles. The molecule has 1 fully saturated rings. The first-order chi connectivity index (χ1) is 18.3. The zero-order valence-electron chi connectivity index (χ0n) is 24.4. The maximum atomic E-state index is 13.1. The molecule has 1 aromatic heterocycles. The van der Waals surface area contributed by atoms with Crippen molar-refractivity contribution in [3.63, 3.8) is 0 Å². The minimum atomic E-state index is -0.275. The fourth-order valence-electron chi connectivity index (χ4n) is 5.91. The van der Waals surface area contributed by atoms with Gasteiger partial charge in [0.05, 0.1) is 5.69 Å². The molecule has 0 aliphatic heterocycles. The van der Waals surface area contributed by atoms with E-state index in [1.165, 1.54) is 55.4 Å². The molecule has 0 spiro atoms. The molecule has 3 aromatic rings. The highest BCUT2D eigenvalue weighted by Gasteiger charge is 2.34. The molecule has 4 rings (SSSR count). The van der Waals surface area contributed by atoms with E-state index in [9.17, 15) is 4.39 Å². The topological polar surface area (TPSA) is 38.1 Å². The number of nitrogens with zero attached hydrogens (tertiary/aromatic N) is 1. The Balaban J connectivity index is 0.000000215. The Morgan fingerprint density at radius 1 is 1.11 bits per heavy atom. The van der Waals surface area contributed by atoms with E-state index in [4.69, 9.17) is 4.52 Å². The predicted molar refractivity (Wildman–Crippen MR) is 159 cm³/mol. The van der Waals surface area contributed by atoms with E-state index in [0.29, 0.717) is 16.9 Å². The van der Waals surface area contributed by atoms with Gasteiger partial charge < -0.3 is 9.84 Å². The molecule has 1 aliphatic carbocycles. The minimum absolute atomic E-state index is 0.275. The molecule has 2 unspecified atom stereocenters.